The summed E-state index contributed by atoms with van der Waals surface area (Å²) in [7, 11) is 0. The number of benzene rings is 1. The summed E-state index contributed by atoms with van der Waals surface area (Å²) in [6.07, 6.45) is 0. The van der Waals surface area contributed by atoms with Crippen LogP contribution in [0.15, 0.2) is 28.7 Å². The molecule has 0 atom stereocenters. The van der Waals surface area contributed by atoms with E-state index in [0.717, 1.165) is 9.35 Å². The van der Waals surface area contributed by atoms with Gasteiger partial charge in [0.15, 0.2) is 0 Å². The molecule has 0 fully saturated rings. The van der Waals surface area contributed by atoms with Crippen LogP contribution in [-0.4, -0.2) is 4.92 Å². The Morgan fingerprint density at radius 1 is 1.37 bits per heavy atom. The average Bonchev–Trinajstić information content (AvgIpc) is 2.67. The number of rotatable bonds is 4. The highest BCUT2D eigenvalue weighted by atomic mass is 79.9. The second-order valence-electron chi connectivity index (χ2n) is 3.61. The number of thiophene rings is 1. The van der Waals surface area contributed by atoms with E-state index in [1.807, 2.05) is 6.07 Å². The van der Waals surface area contributed by atoms with Gasteiger partial charge in [0, 0.05) is 28.0 Å². The molecule has 19 heavy (non-hydrogen) atoms. The number of nitro benzene ring substituents is 1. The monoisotopic (exact) mass is 380 g/mol. The van der Waals surface area contributed by atoms with Crippen LogP contribution in [0.1, 0.15) is 4.88 Å². The molecule has 0 radical (unpaired) electrons. The number of nitro groups is 1. The minimum atomic E-state index is -0.458. The molecule has 2 rings (SSSR count). The fourth-order valence-corrected chi connectivity index (χ4v) is 3.34. The molecule has 4 nitrogen and oxygen atoms in total. The summed E-state index contributed by atoms with van der Waals surface area (Å²) in [5, 5.41) is 14.2. The Kier molecular flexibility index (Phi) is 4.67. The van der Waals surface area contributed by atoms with Crippen LogP contribution in [0, 0.1) is 10.1 Å². The Morgan fingerprint density at radius 2 is 2.11 bits per heavy atom. The van der Waals surface area contributed by atoms with Gasteiger partial charge in [-0.15, -0.1) is 11.3 Å². The second kappa shape index (κ2) is 6.09. The van der Waals surface area contributed by atoms with Crippen molar-refractivity contribution < 1.29 is 4.92 Å². The lowest BCUT2D eigenvalue weighted by Crippen LogP contribution is -1.99. The van der Waals surface area contributed by atoms with E-state index < -0.39 is 4.92 Å². The van der Waals surface area contributed by atoms with Gasteiger partial charge in [-0.1, -0.05) is 23.2 Å². The molecule has 0 bridgehead atoms. The first-order valence-electron chi connectivity index (χ1n) is 5.09. The number of anilines is 1. The van der Waals surface area contributed by atoms with Crippen molar-refractivity contribution in [2.24, 2.45) is 0 Å². The van der Waals surface area contributed by atoms with Gasteiger partial charge in [-0.2, -0.15) is 0 Å². The van der Waals surface area contributed by atoms with Gasteiger partial charge in [0.2, 0.25) is 0 Å². The fourth-order valence-electron chi connectivity index (χ4n) is 1.42. The lowest BCUT2D eigenvalue weighted by molar-refractivity contribution is -0.384. The summed E-state index contributed by atoms with van der Waals surface area (Å²) in [5.74, 6) is 0. The lowest BCUT2D eigenvalue weighted by Gasteiger charge is -2.06. The van der Waals surface area contributed by atoms with E-state index in [0.29, 0.717) is 21.6 Å². The van der Waals surface area contributed by atoms with E-state index in [2.05, 4.69) is 21.2 Å². The number of hydrogen-bond acceptors (Lipinski definition) is 4. The molecule has 0 amide bonds. The van der Waals surface area contributed by atoms with Crippen molar-refractivity contribution in [1.82, 2.24) is 0 Å². The van der Waals surface area contributed by atoms with Gasteiger partial charge in [0.1, 0.15) is 4.34 Å². The summed E-state index contributed by atoms with van der Waals surface area (Å²) in [4.78, 5) is 11.2. The zero-order valence-electron chi connectivity index (χ0n) is 9.32. The molecule has 0 saturated heterocycles. The SMILES string of the molecule is O=[N+]([O-])c1ccc(Cl)c(NCc2cc(Br)c(Cl)s2)c1. The highest BCUT2D eigenvalue weighted by Crippen LogP contribution is 2.33. The second-order valence-corrected chi connectivity index (χ2v) is 6.61. The third-order valence-corrected chi connectivity index (χ3v) is 5.11. The van der Waals surface area contributed by atoms with Crippen LogP contribution in [0.2, 0.25) is 9.36 Å². The highest BCUT2D eigenvalue weighted by molar-refractivity contribution is 9.10. The van der Waals surface area contributed by atoms with E-state index in [1.54, 1.807) is 0 Å². The molecule has 0 aliphatic carbocycles. The maximum Gasteiger partial charge on any atom is 0.271 e. The molecule has 1 heterocycles. The molecule has 0 unspecified atom stereocenters. The maximum atomic E-state index is 10.7. The molecule has 2 aromatic rings. The van der Waals surface area contributed by atoms with Crippen molar-refractivity contribution in [2.45, 2.75) is 6.54 Å². The van der Waals surface area contributed by atoms with Gasteiger partial charge in [-0.25, -0.2) is 0 Å². The Morgan fingerprint density at radius 3 is 2.68 bits per heavy atom. The van der Waals surface area contributed by atoms with Gasteiger partial charge in [0.25, 0.3) is 5.69 Å². The first-order chi connectivity index (χ1) is 8.97. The van der Waals surface area contributed by atoms with Crippen molar-refractivity contribution in [1.29, 1.82) is 0 Å². The number of non-ortho nitro benzene ring substituents is 1. The molecule has 8 heteroatoms. The van der Waals surface area contributed by atoms with Gasteiger partial charge in [-0.05, 0) is 28.1 Å². The molecular weight excluding hydrogens is 375 g/mol. The fraction of sp³-hybridized carbons (Fsp3) is 0.0909. The van der Waals surface area contributed by atoms with E-state index in [1.165, 1.54) is 29.5 Å². The average molecular weight is 382 g/mol. The third kappa shape index (κ3) is 3.60. The minimum absolute atomic E-state index is 0.00251. The van der Waals surface area contributed by atoms with Gasteiger partial charge in [0.05, 0.1) is 15.6 Å². The quantitative estimate of drug-likeness (QED) is 0.574. The third-order valence-electron chi connectivity index (χ3n) is 2.31. The predicted molar refractivity (Wildman–Crippen MR) is 82.5 cm³/mol. The van der Waals surface area contributed by atoms with Gasteiger partial charge in [-0.3, -0.25) is 10.1 Å². The molecule has 1 aromatic carbocycles. The molecule has 0 aliphatic heterocycles. The van der Waals surface area contributed by atoms with Crippen molar-refractivity contribution in [3.05, 3.63) is 53.1 Å². The Hall–Kier alpha value is -0.820. The molecule has 0 aliphatic rings. The topological polar surface area (TPSA) is 55.2 Å². The molecular formula is C11H7BrCl2N2O2S. The van der Waals surface area contributed by atoms with E-state index in [-0.39, 0.29) is 5.69 Å². The molecule has 1 aromatic heterocycles. The zero-order chi connectivity index (χ0) is 14.0. The molecule has 0 saturated carbocycles. The summed E-state index contributed by atoms with van der Waals surface area (Å²) in [6, 6.07) is 6.17. The maximum absolute atomic E-state index is 10.7. The standard InChI is InChI=1S/C11H7BrCl2N2O2S/c12-8-4-7(19-11(8)14)5-15-10-3-6(16(17)18)1-2-9(10)13/h1-4,15H,5H2. The van der Waals surface area contributed by atoms with Crippen LogP contribution in [0.4, 0.5) is 11.4 Å². The number of nitrogens with zero attached hydrogens (tertiary/aromatic N) is 1. The molecule has 100 valence electrons. The van der Waals surface area contributed by atoms with Crippen LogP contribution in [0.25, 0.3) is 0 Å². The molecule has 0 spiro atoms. The first kappa shape index (κ1) is 14.6. The van der Waals surface area contributed by atoms with Crippen molar-refractivity contribution >= 4 is 61.8 Å². The van der Waals surface area contributed by atoms with Gasteiger partial charge >= 0.3 is 0 Å². The first-order valence-corrected chi connectivity index (χ1v) is 7.45. The van der Waals surface area contributed by atoms with Crippen molar-refractivity contribution in [3.63, 3.8) is 0 Å². The predicted octanol–water partition coefficient (Wildman–Crippen LogP) is 5.34. The lowest BCUT2D eigenvalue weighted by atomic mass is 10.2. The van der Waals surface area contributed by atoms with E-state index in [4.69, 9.17) is 23.2 Å². The Labute approximate surface area is 131 Å². The largest absolute Gasteiger partial charge is 0.379 e. The summed E-state index contributed by atoms with van der Waals surface area (Å²) >= 11 is 16.7. The van der Waals surface area contributed by atoms with Crippen LogP contribution in [-0.2, 0) is 6.54 Å². The highest BCUT2D eigenvalue weighted by Gasteiger charge is 2.10. The summed E-state index contributed by atoms with van der Waals surface area (Å²) < 4.78 is 1.50. The van der Waals surface area contributed by atoms with Crippen molar-refractivity contribution in [2.75, 3.05) is 5.32 Å². The normalized spacial score (nSPS) is 10.5. The summed E-state index contributed by atoms with van der Waals surface area (Å²) in [6.45, 7) is 0.497. The Bertz CT molecular complexity index is 614. The minimum Gasteiger partial charge on any atom is -0.379 e. The van der Waals surface area contributed by atoms with Crippen LogP contribution < -0.4 is 5.32 Å². The van der Waals surface area contributed by atoms with E-state index in [9.17, 15) is 10.1 Å². The summed E-state index contributed by atoms with van der Waals surface area (Å²) in [5.41, 5.74) is 0.522. The Balaban J connectivity index is 2.14. The zero-order valence-corrected chi connectivity index (χ0v) is 13.2. The van der Waals surface area contributed by atoms with Crippen LogP contribution in [0.3, 0.4) is 0 Å². The van der Waals surface area contributed by atoms with Crippen LogP contribution >= 0.6 is 50.5 Å². The smallest absolute Gasteiger partial charge is 0.271 e. The van der Waals surface area contributed by atoms with Crippen molar-refractivity contribution in [3.8, 4) is 0 Å². The van der Waals surface area contributed by atoms with Crippen LogP contribution in [0.5, 0.6) is 0 Å². The molecule has 1 N–H and O–H groups in total. The van der Waals surface area contributed by atoms with Gasteiger partial charge < -0.3 is 5.32 Å². The number of hydrogen-bond donors (Lipinski definition) is 1. The van der Waals surface area contributed by atoms with E-state index >= 15 is 0 Å². The number of nitrogens with one attached hydrogen (secondary N) is 1. The number of halogens is 3.